The Labute approximate surface area is 146 Å². The molecule has 3 N–H and O–H groups in total. The standard InChI is InChI=1S/C18H22ClFN4/c1-12-4-2-6-15(20)18(12)23-10-13-9-22-17(19)8-16(13)24-14-5-3-7-21-11-14/h2,4,6,8-9,14,21,23H,3,5,7,10-11H2,1H3,(H,22,24). The lowest BCUT2D eigenvalue weighted by atomic mass is 10.1. The predicted octanol–water partition coefficient (Wildman–Crippen LogP) is 3.96. The third kappa shape index (κ3) is 4.16. The zero-order chi connectivity index (χ0) is 16.9. The van der Waals surface area contributed by atoms with Crippen LogP contribution < -0.4 is 16.0 Å². The van der Waals surface area contributed by atoms with E-state index in [0.717, 1.165) is 42.7 Å². The van der Waals surface area contributed by atoms with E-state index >= 15 is 0 Å². The molecule has 0 bridgehead atoms. The van der Waals surface area contributed by atoms with Crippen molar-refractivity contribution >= 4 is 23.0 Å². The summed E-state index contributed by atoms with van der Waals surface area (Å²) < 4.78 is 14.0. The predicted molar refractivity (Wildman–Crippen MR) is 97.2 cm³/mol. The first-order chi connectivity index (χ1) is 11.6. The van der Waals surface area contributed by atoms with Crippen molar-refractivity contribution in [3.8, 4) is 0 Å². The summed E-state index contributed by atoms with van der Waals surface area (Å²) in [6.07, 6.45) is 4.01. The zero-order valence-electron chi connectivity index (χ0n) is 13.7. The molecule has 0 spiro atoms. The van der Waals surface area contributed by atoms with Gasteiger partial charge in [-0.15, -0.1) is 0 Å². The summed E-state index contributed by atoms with van der Waals surface area (Å²) in [5.74, 6) is -0.247. The average Bonchev–Trinajstić information content (AvgIpc) is 2.57. The smallest absolute Gasteiger partial charge is 0.146 e. The normalized spacial score (nSPS) is 17.5. The van der Waals surface area contributed by atoms with Crippen LogP contribution in [0.1, 0.15) is 24.0 Å². The third-order valence-corrected chi connectivity index (χ3v) is 4.49. The van der Waals surface area contributed by atoms with E-state index in [1.165, 1.54) is 6.07 Å². The molecular formula is C18H22ClFN4. The quantitative estimate of drug-likeness (QED) is 0.716. The fourth-order valence-electron chi connectivity index (χ4n) is 2.97. The molecule has 6 heteroatoms. The van der Waals surface area contributed by atoms with Gasteiger partial charge in [0.05, 0.1) is 5.69 Å². The van der Waals surface area contributed by atoms with Crippen molar-refractivity contribution in [2.45, 2.75) is 32.4 Å². The van der Waals surface area contributed by atoms with Crippen LogP contribution in [0.25, 0.3) is 0 Å². The third-order valence-electron chi connectivity index (χ3n) is 4.29. The summed E-state index contributed by atoms with van der Waals surface area (Å²) in [6, 6.07) is 7.26. The molecule has 128 valence electrons. The molecular weight excluding hydrogens is 327 g/mol. The second-order valence-corrected chi connectivity index (χ2v) is 6.52. The van der Waals surface area contributed by atoms with Gasteiger partial charge in [-0.3, -0.25) is 0 Å². The van der Waals surface area contributed by atoms with E-state index in [0.29, 0.717) is 23.4 Å². The molecule has 24 heavy (non-hydrogen) atoms. The Morgan fingerprint density at radius 1 is 1.42 bits per heavy atom. The number of piperidine rings is 1. The van der Waals surface area contributed by atoms with Gasteiger partial charge in [-0.2, -0.15) is 0 Å². The lowest BCUT2D eigenvalue weighted by Gasteiger charge is -2.26. The Hall–Kier alpha value is -1.85. The van der Waals surface area contributed by atoms with Crippen LogP contribution in [-0.2, 0) is 6.54 Å². The SMILES string of the molecule is Cc1cccc(F)c1NCc1cnc(Cl)cc1NC1CCCNC1. The largest absolute Gasteiger partial charge is 0.381 e. The lowest BCUT2D eigenvalue weighted by Crippen LogP contribution is -2.38. The van der Waals surface area contributed by atoms with Crippen molar-refractivity contribution in [2.24, 2.45) is 0 Å². The number of rotatable bonds is 5. The summed E-state index contributed by atoms with van der Waals surface area (Å²) in [5.41, 5.74) is 3.32. The number of hydrogen-bond donors (Lipinski definition) is 3. The van der Waals surface area contributed by atoms with Gasteiger partial charge in [-0.1, -0.05) is 23.7 Å². The van der Waals surface area contributed by atoms with Crippen LogP contribution >= 0.6 is 11.6 Å². The maximum Gasteiger partial charge on any atom is 0.146 e. The highest BCUT2D eigenvalue weighted by atomic mass is 35.5. The van der Waals surface area contributed by atoms with Crippen molar-refractivity contribution in [1.82, 2.24) is 10.3 Å². The average molecular weight is 349 g/mol. The molecule has 1 aliphatic rings. The molecule has 0 aliphatic carbocycles. The van der Waals surface area contributed by atoms with Gasteiger partial charge in [-0.25, -0.2) is 9.37 Å². The van der Waals surface area contributed by atoms with Gasteiger partial charge < -0.3 is 16.0 Å². The number of pyridine rings is 1. The van der Waals surface area contributed by atoms with Gasteiger partial charge in [-0.05, 0) is 44.0 Å². The van der Waals surface area contributed by atoms with Gasteiger partial charge >= 0.3 is 0 Å². The highest BCUT2D eigenvalue weighted by Gasteiger charge is 2.15. The van der Waals surface area contributed by atoms with Gasteiger partial charge in [0.2, 0.25) is 0 Å². The number of anilines is 2. The number of benzene rings is 1. The maximum absolute atomic E-state index is 14.0. The van der Waals surface area contributed by atoms with E-state index in [1.54, 1.807) is 12.3 Å². The minimum atomic E-state index is -0.247. The highest BCUT2D eigenvalue weighted by Crippen LogP contribution is 2.24. The first kappa shape index (κ1) is 17.0. The van der Waals surface area contributed by atoms with Crippen molar-refractivity contribution in [3.63, 3.8) is 0 Å². The monoisotopic (exact) mass is 348 g/mol. The fraction of sp³-hybridized carbons (Fsp3) is 0.389. The van der Waals surface area contributed by atoms with Gasteiger partial charge in [0.25, 0.3) is 0 Å². The number of nitrogens with zero attached hydrogens (tertiary/aromatic N) is 1. The maximum atomic E-state index is 14.0. The second kappa shape index (κ2) is 7.81. The summed E-state index contributed by atoms with van der Waals surface area (Å²) in [5, 5.41) is 10.6. The van der Waals surface area contributed by atoms with Crippen molar-refractivity contribution in [2.75, 3.05) is 23.7 Å². The molecule has 2 heterocycles. The fourth-order valence-corrected chi connectivity index (χ4v) is 3.13. The summed E-state index contributed by atoms with van der Waals surface area (Å²) >= 11 is 6.05. The Morgan fingerprint density at radius 2 is 2.29 bits per heavy atom. The Balaban J connectivity index is 1.75. The molecule has 1 unspecified atom stereocenters. The molecule has 2 aromatic rings. The topological polar surface area (TPSA) is 49.0 Å². The molecule has 0 radical (unpaired) electrons. The van der Waals surface area contributed by atoms with Crippen LogP contribution in [0.3, 0.4) is 0 Å². The van der Waals surface area contributed by atoms with E-state index in [-0.39, 0.29) is 5.82 Å². The molecule has 1 atom stereocenters. The van der Waals surface area contributed by atoms with Crippen LogP contribution in [0.2, 0.25) is 5.15 Å². The summed E-state index contributed by atoms with van der Waals surface area (Å²) in [4.78, 5) is 4.17. The van der Waals surface area contributed by atoms with Gasteiger partial charge in [0.1, 0.15) is 11.0 Å². The molecule has 1 fully saturated rings. The van der Waals surface area contributed by atoms with E-state index in [1.807, 2.05) is 19.1 Å². The number of halogens is 2. The van der Waals surface area contributed by atoms with E-state index in [9.17, 15) is 4.39 Å². The molecule has 1 aromatic heterocycles. The zero-order valence-corrected chi connectivity index (χ0v) is 14.5. The second-order valence-electron chi connectivity index (χ2n) is 6.14. The van der Waals surface area contributed by atoms with Crippen LogP contribution in [0.5, 0.6) is 0 Å². The van der Waals surface area contributed by atoms with Gasteiger partial charge in [0.15, 0.2) is 0 Å². The van der Waals surface area contributed by atoms with E-state index in [4.69, 9.17) is 11.6 Å². The van der Waals surface area contributed by atoms with Crippen molar-refractivity contribution in [3.05, 3.63) is 52.6 Å². The Bertz CT molecular complexity index is 681. The van der Waals surface area contributed by atoms with E-state index in [2.05, 4.69) is 20.9 Å². The minimum absolute atomic E-state index is 0.247. The summed E-state index contributed by atoms with van der Waals surface area (Å²) in [6.45, 7) is 4.36. The number of para-hydroxylation sites is 1. The summed E-state index contributed by atoms with van der Waals surface area (Å²) in [7, 11) is 0. The molecule has 1 saturated heterocycles. The molecule has 1 aliphatic heterocycles. The van der Waals surface area contributed by atoms with Crippen LogP contribution in [0.4, 0.5) is 15.8 Å². The molecule has 4 nitrogen and oxygen atoms in total. The molecule has 1 aromatic carbocycles. The number of aromatic nitrogens is 1. The first-order valence-corrected chi connectivity index (χ1v) is 8.62. The van der Waals surface area contributed by atoms with Crippen molar-refractivity contribution < 1.29 is 4.39 Å². The number of aryl methyl sites for hydroxylation is 1. The number of hydrogen-bond acceptors (Lipinski definition) is 4. The van der Waals surface area contributed by atoms with Crippen molar-refractivity contribution in [1.29, 1.82) is 0 Å². The van der Waals surface area contributed by atoms with Gasteiger partial charge in [0, 0.05) is 36.6 Å². The first-order valence-electron chi connectivity index (χ1n) is 8.24. The Morgan fingerprint density at radius 3 is 3.04 bits per heavy atom. The van der Waals surface area contributed by atoms with Crippen LogP contribution in [0, 0.1) is 12.7 Å². The lowest BCUT2D eigenvalue weighted by molar-refractivity contribution is 0.479. The number of nitrogens with one attached hydrogen (secondary N) is 3. The molecule has 0 saturated carbocycles. The highest BCUT2D eigenvalue weighted by molar-refractivity contribution is 6.29. The minimum Gasteiger partial charge on any atom is -0.381 e. The van der Waals surface area contributed by atoms with Crippen LogP contribution in [0.15, 0.2) is 30.5 Å². The Kier molecular flexibility index (Phi) is 5.53. The molecule has 0 amide bonds. The van der Waals surface area contributed by atoms with E-state index < -0.39 is 0 Å². The molecule has 3 rings (SSSR count). The van der Waals surface area contributed by atoms with Crippen LogP contribution in [-0.4, -0.2) is 24.1 Å².